The number of ether oxygens (including phenoxy) is 2. The molecule has 1 atom stereocenters. The van der Waals surface area contributed by atoms with E-state index in [0.29, 0.717) is 16.8 Å². The normalized spacial score (nSPS) is 14.8. The van der Waals surface area contributed by atoms with Crippen LogP contribution in [-0.2, 0) is 24.3 Å². The summed E-state index contributed by atoms with van der Waals surface area (Å²) in [4.78, 5) is 31.9. The van der Waals surface area contributed by atoms with Gasteiger partial charge in [0.05, 0.1) is 18.3 Å². The zero-order valence-electron chi connectivity index (χ0n) is 18.3. The van der Waals surface area contributed by atoms with Gasteiger partial charge in [-0.15, -0.1) is 22.7 Å². The van der Waals surface area contributed by atoms with Gasteiger partial charge in [-0.3, -0.25) is 14.2 Å². The van der Waals surface area contributed by atoms with Gasteiger partial charge < -0.3 is 14.8 Å². The fraction of sp³-hybridized carbons (Fsp3) is 0.292. The van der Waals surface area contributed by atoms with Crippen molar-refractivity contribution in [2.24, 2.45) is 0 Å². The number of nitrogens with zero attached hydrogens (tertiary/aromatic N) is 2. The molecule has 1 N–H and O–H groups in total. The van der Waals surface area contributed by atoms with Crippen molar-refractivity contribution in [1.82, 2.24) is 14.9 Å². The van der Waals surface area contributed by atoms with E-state index < -0.39 is 0 Å². The van der Waals surface area contributed by atoms with Crippen molar-refractivity contribution in [3.05, 3.63) is 62.8 Å². The number of aromatic nitrogens is 2. The highest BCUT2D eigenvalue weighted by Gasteiger charge is 2.22. The number of carbonyl (C=O) groups is 1. The molecule has 1 aromatic carbocycles. The molecule has 0 saturated carbocycles. The first-order valence-corrected chi connectivity index (χ1v) is 12.5. The van der Waals surface area contributed by atoms with Gasteiger partial charge in [0.2, 0.25) is 5.91 Å². The number of carbonyl (C=O) groups excluding carboxylic acids is 1. The largest absolute Gasteiger partial charge is 0.494 e. The molecule has 0 fully saturated rings. The van der Waals surface area contributed by atoms with Gasteiger partial charge in [0.25, 0.3) is 5.56 Å². The van der Waals surface area contributed by atoms with E-state index in [4.69, 9.17) is 9.47 Å². The second-order valence-corrected chi connectivity index (χ2v) is 9.70. The van der Waals surface area contributed by atoms with Crippen LogP contribution in [0.3, 0.4) is 0 Å². The second kappa shape index (κ2) is 8.99. The van der Waals surface area contributed by atoms with Crippen LogP contribution in [0.25, 0.3) is 20.7 Å². The lowest BCUT2D eigenvalue weighted by Gasteiger charge is -2.14. The molecule has 4 heterocycles. The highest BCUT2D eigenvalue weighted by atomic mass is 32.1. The monoisotopic (exact) mass is 481 g/mol. The number of nitrogens with one attached hydrogen (secondary N) is 1. The molecule has 3 aromatic heterocycles. The predicted octanol–water partition coefficient (Wildman–Crippen LogP) is 4.23. The highest BCUT2D eigenvalue weighted by molar-refractivity contribution is 7.18. The molecule has 0 saturated heterocycles. The predicted molar refractivity (Wildman–Crippen MR) is 130 cm³/mol. The SMILES string of the molecule is CCOc1cc2c(cc1CNC(=O)Cn1cnc3scc(-c4cccs4)c3c1=O)O[C@H](C)C2. The first kappa shape index (κ1) is 21.7. The number of hydrogen-bond donors (Lipinski definition) is 1. The molecule has 33 heavy (non-hydrogen) atoms. The number of fused-ring (bicyclic) bond motifs is 2. The number of rotatable bonds is 7. The van der Waals surface area contributed by atoms with Gasteiger partial charge in [-0.05, 0) is 37.4 Å². The van der Waals surface area contributed by atoms with Crippen molar-refractivity contribution < 1.29 is 14.3 Å². The Morgan fingerprint density at radius 3 is 3.03 bits per heavy atom. The van der Waals surface area contributed by atoms with Crippen molar-refractivity contribution in [2.75, 3.05) is 6.61 Å². The summed E-state index contributed by atoms with van der Waals surface area (Å²) in [5.41, 5.74) is 2.61. The minimum absolute atomic E-state index is 0.107. The average Bonchev–Trinajstić information content (AvgIpc) is 3.53. The number of thiophene rings is 2. The van der Waals surface area contributed by atoms with Gasteiger partial charge in [-0.1, -0.05) is 6.07 Å². The van der Waals surface area contributed by atoms with E-state index in [9.17, 15) is 9.59 Å². The van der Waals surface area contributed by atoms with Crippen molar-refractivity contribution in [2.45, 2.75) is 39.5 Å². The summed E-state index contributed by atoms with van der Waals surface area (Å²) >= 11 is 3.01. The fourth-order valence-corrected chi connectivity index (χ4v) is 5.73. The molecule has 7 nitrogen and oxygen atoms in total. The van der Waals surface area contributed by atoms with Gasteiger partial charge in [0, 0.05) is 39.9 Å². The number of amides is 1. The molecule has 1 aliphatic rings. The maximum atomic E-state index is 13.1. The minimum atomic E-state index is -0.275. The standard InChI is InChI=1S/C24H23N3O4S2/c1-3-30-18-8-15-7-14(2)31-19(15)9-16(18)10-25-21(28)11-27-13-26-23-22(24(27)29)17(12-33-23)20-5-4-6-32-20/h4-6,8-9,12-14H,3,7,10-11H2,1-2H3,(H,25,28)/t14-/m1/s1. The molecule has 1 aliphatic heterocycles. The van der Waals surface area contributed by atoms with Crippen molar-refractivity contribution in [3.63, 3.8) is 0 Å². The van der Waals surface area contributed by atoms with E-state index in [1.54, 1.807) is 11.3 Å². The van der Waals surface area contributed by atoms with Crippen molar-refractivity contribution in [3.8, 4) is 21.9 Å². The summed E-state index contributed by atoms with van der Waals surface area (Å²) < 4.78 is 13.0. The smallest absolute Gasteiger partial charge is 0.263 e. The van der Waals surface area contributed by atoms with E-state index in [0.717, 1.165) is 39.5 Å². The molecule has 4 aromatic rings. The Hall–Kier alpha value is -3.17. The Kier molecular flexibility index (Phi) is 5.90. The van der Waals surface area contributed by atoms with Crippen molar-refractivity contribution in [1.29, 1.82) is 0 Å². The Balaban J connectivity index is 1.34. The van der Waals surface area contributed by atoms with Crippen LogP contribution in [0.1, 0.15) is 25.0 Å². The van der Waals surface area contributed by atoms with E-state index >= 15 is 0 Å². The summed E-state index contributed by atoms with van der Waals surface area (Å²) in [5, 5.41) is 7.38. The van der Waals surface area contributed by atoms with Crippen LogP contribution in [0.15, 0.2) is 46.1 Å². The van der Waals surface area contributed by atoms with Gasteiger partial charge >= 0.3 is 0 Å². The maximum absolute atomic E-state index is 13.1. The Labute approximate surface area is 198 Å². The van der Waals surface area contributed by atoms with Crippen LogP contribution >= 0.6 is 22.7 Å². The molecule has 0 unspecified atom stereocenters. The Bertz CT molecular complexity index is 1370. The van der Waals surface area contributed by atoms with Gasteiger partial charge in [-0.25, -0.2) is 4.98 Å². The molecule has 0 bridgehead atoms. The number of benzene rings is 1. The molecule has 170 valence electrons. The molecule has 5 rings (SSSR count). The van der Waals surface area contributed by atoms with Gasteiger partial charge in [0.15, 0.2) is 0 Å². The molecule has 0 radical (unpaired) electrons. The molecule has 0 spiro atoms. The van der Waals surface area contributed by atoms with E-state index in [1.807, 2.05) is 48.9 Å². The molecule has 1 amide bonds. The highest BCUT2D eigenvalue weighted by Crippen LogP contribution is 2.35. The first-order chi connectivity index (χ1) is 16.0. The molecule has 9 heteroatoms. The van der Waals surface area contributed by atoms with E-state index in [1.165, 1.54) is 22.2 Å². The maximum Gasteiger partial charge on any atom is 0.263 e. The van der Waals surface area contributed by atoms with Gasteiger partial charge in [-0.2, -0.15) is 0 Å². The quantitative estimate of drug-likeness (QED) is 0.427. The molecule has 0 aliphatic carbocycles. The van der Waals surface area contributed by atoms with E-state index in [2.05, 4.69) is 10.3 Å². The fourth-order valence-electron chi connectivity index (χ4n) is 4.01. The third kappa shape index (κ3) is 4.26. The Morgan fingerprint density at radius 1 is 1.36 bits per heavy atom. The lowest BCUT2D eigenvalue weighted by atomic mass is 10.1. The zero-order chi connectivity index (χ0) is 22.9. The third-order valence-corrected chi connectivity index (χ3v) is 7.31. The third-order valence-electron chi connectivity index (χ3n) is 5.52. The lowest BCUT2D eigenvalue weighted by molar-refractivity contribution is -0.121. The van der Waals surface area contributed by atoms with Crippen LogP contribution in [0.4, 0.5) is 0 Å². The zero-order valence-corrected chi connectivity index (χ0v) is 19.9. The minimum Gasteiger partial charge on any atom is -0.494 e. The summed E-state index contributed by atoms with van der Waals surface area (Å²) in [6.07, 6.45) is 2.41. The van der Waals surface area contributed by atoms with Crippen molar-refractivity contribution >= 4 is 38.8 Å². The number of hydrogen-bond acceptors (Lipinski definition) is 7. The summed E-state index contributed by atoms with van der Waals surface area (Å²) in [7, 11) is 0. The van der Waals surface area contributed by atoms with Crippen LogP contribution in [0, 0.1) is 0 Å². The second-order valence-electron chi connectivity index (χ2n) is 7.89. The van der Waals surface area contributed by atoms with Crippen LogP contribution in [-0.4, -0.2) is 28.2 Å². The average molecular weight is 482 g/mol. The van der Waals surface area contributed by atoms with Crippen LogP contribution in [0.5, 0.6) is 11.5 Å². The summed E-state index contributed by atoms with van der Waals surface area (Å²) in [6, 6.07) is 7.86. The lowest BCUT2D eigenvalue weighted by Crippen LogP contribution is -2.32. The summed E-state index contributed by atoms with van der Waals surface area (Å²) in [5.74, 6) is 1.30. The summed E-state index contributed by atoms with van der Waals surface area (Å²) in [6.45, 7) is 4.66. The van der Waals surface area contributed by atoms with Gasteiger partial charge in [0.1, 0.15) is 29.0 Å². The van der Waals surface area contributed by atoms with Crippen LogP contribution < -0.4 is 20.3 Å². The van der Waals surface area contributed by atoms with E-state index in [-0.39, 0.29) is 30.7 Å². The van der Waals surface area contributed by atoms with Crippen LogP contribution in [0.2, 0.25) is 0 Å². The molecular formula is C24H23N3O4S2. The Morgan fingerprint density at radius 2 is 2.24 bits per heavy atom. The first-order valence-electron chi connectivity index (χ1n) is 10.8. The molecular weight excluding hydrogens is 458 g/mol. The topological polar surface area (TPSA) is 82.5 Å².